The molecule has 1 aromatic heterocycles. The van der Waals surface area contributed by atoms with Crippen molar-refractivity contribution in [2.75, 3.05) is 5.32 Å². The zero-order valence-electron chi connectivity index (χ0n) is 10.2. The van der Waals surface area contributed by atoms with Gasteiger partial charge in [0.1, 0.15) is 11.5 Å². The fourth-order valence-corrected chi connectivity index (χ4v) is 2.59. The predicted octanol–water partition coefficient (Wildman–Crippen LogP) is 5.76. The Morgan fingerprint density at radius 2 is 2.00 bits per heavy atom. The maximum absolute atomic E-state index is 12.1. The number of thioether (sulfide) groups is 1. The molecule has 1 aromatic carbocycles. The SMILES string of the molecule is FC(F)SCc1ccc(CNc2cccc(Cl)c2Br)o1. The molecule has 2 aromatic rings. The van der Waals surface area contributed by atoms with Gasteiger partial charge in [0.25, 0.3) is 5.76 Å². The molecular weight excluding hydrogens is 372 g/mol. The van der Waals surface area contributed by atoms with Gasteiger partial charge in [0.05, 0.1) is 27.5 Å². The van der Waals surface area contributed by atoms with Crippen molar-refractivity contribution in [2.45, 2.75) is 18.1 Å². The maximum atomic E-state index is 12.1. The predicted molar refractivity (Wildman–Crippen MR) is 82.5 cm³/mol. The molecule has 0 aliphatic carbocycles. The number of benzene rings is 1. The standard InChI is InChI=1S/C13H11BrClF2NOS/c14-12-10(15)2-1-3-11(12)18-6-8-4-5-9(19-8)7-20-13(16)17/h1-5,13,18H,6-7H2. The van der Waals surface area contributed by atoms with E-state index in [2.05, 4.69) is 21.2 Å². The number of anilines is 1. The molecule has 0 saturated carbocycles. The third-order valence-corrected chi connectivity index (χ3v) is 4.57. The van der Waals surface area contributed by atoms with Gasteiger partial charge < -0.3 is 9.73 Å². The van der Waals surface area contributed by atoms with Crippen molar-refractivity contribution in [3.8, 4) is 0 Å². The van der Waals surface area contributed by atoms with Gasteiger partial charge >= 0.3 is 0 Å². The molecule has 1 N–H and O–H groups in total. The lowest BCUT2D eigenvalue weighted by atomic mass is 10.3. The van der Waals surface area contributed by atoms with Crippen molar-refractivity contribution in [1.29, 1.82) is 0 Å². The number of nitrogens with one attached hydrogen (secondary N) is 1. The Balaban J connectivity index is 1.92. The Kier molecular flexibility index (Phi) is 5.74. The number of hydrogen-bond donors (Lipinski definition) is 1. The van der Waals surface area contributed by atoms with Gasteiger partial charge in [-0.1, -0.05) is 29.4 Å². The monoisotopic (exact) mass is 381 g/mol. The normalized spacial score (nSPS) is 11.1. The maximum Gasteiger partial charge on any atom is 0.284 e. The molecular formula is C13H11BrClF2NOS. The fourth-order valence-electron chi connectivity index (χ4n) is 1.56. The summed E-state index contributed by atoms with van der Waals surface area (Å²) in [5, 5.41) is 3.78. The molecule has 20 heavy (non-hydrogen) atoms. The zero-order valence-corrected chi connectivity index (χ0v) is 13.4. The summed E-state index contributed by atoms with van der Waals surface area (Å²) in [7, 11) is 0. The quantitative estimate of drug-likeness (QED) is 0.687. The highest BCUT2D eigenvalue weighted by Crippen LogP contribution is 2.30. The lowest BCUT2D eigenvalue weighted by molar-refractivity contribution is 0.251. The first-order valence-corrected chi connectivity index (χ1v) is 7.93. The van der Waals surface area contributed by atoms with E-state index >= 15 is 0 Å². The first-order chi connectivity index (χ1) is 9.56. The summed E-state index contributed by atoms with van der Waals surface area (Å²) in [4.78, 5) is 0. The highest BCUT2D eigenvalue weighted by Gasteiger charge is 2.08. The minimum Gasteiger partial charge on any atom is -0.463 e. The molecule has 0 radical (unpaired) electrons. The van der Waals surface area contributed by atoms with E-state index in [4.69, 9.17) is 16.0 Å². The van der Waals surface area contributed by atoms with E-state index in [1.807, 2.05) is 12.1 Å². The van der Waals surface area contributed by atoms with Crippen LogP contribution in [0.4, 0.5) is 14.5 Å². The van der Waals surface area contributed by atoms with Crippen LogP contribution in [0.3, 0.4) is 0 Å². The zero-order chi connectivity index (χ0) is 14.5. The van der Waals surface area contributed by atoms with E-state index in [0.717, 1.165) is 10.2 Å². The third-order valence-electron chi connectivity index (χ3n) is 2.47. The third kappa shape index (κ3) is 4.40. The summed E-state index contributed by atoms with van der Waals surface area (Å²) in [6, 6.07) is 8.98. The smallest absolute Gasteiger partial charge is 0.284 e. The van der Waals surface area contributed by atoms with E-state index in [1.165, 1.54) is 0 Å². The lowest BCUT2D eigenvalue weighted by Crippen LogP contribution is -1.98. The van der Waals surface area contributed by atoms with Gasteiger partial charge in [-0.05, 0) is 40.2 Å². The highest BCUT2D eigenvalue weighted by atomic mass is 79.9. The second kappa shape index (κ2) is 7.33. The molecule has 2 nitrogen and oxygen atoms in total. The van der Waals surface area contributed by atoms with Gasteiger partial charge in [-0.2, -0.15) is 8.78 Å². The van der Waals surface area contributed by atoms with Gasteiger partial charge in [-0.15, -0.1) is 0 Å². The second-order valence-corrected chi connectivity index (χ2v) is 6.07. The number of hydrogen-bond acceptors (Lipinski definition) is 3. The number of halogens is 4. The first-order valence-electron chi connectivity index (χ1n) is 5.71. The van der Waals surface area contributed by atoms with Crippen molar-refractivity contribution in [1.82, 2.24) is 0 Å². The van der Waals surface area contributed by atoms with Crippen LogP contribution in [0.15, 0.2) is 39.2 Å². The lowest BCUT2D eigenvalue weighted by Gasteiger charge is -2.07. The van der Waals surface area contributed by atoms with Crippen LogP contribution in [-0.2, 0) is 12.3 Å². The molecule has 0 spiro atoms. The fraction of sp³-hybridized carbons (Fsp3) is 0.231. The molecule has 0 bridgehead atoms. The first kappa shape index (κ1) is 15.7. The van der Waals surface area contributed by atoms with Crippen LogP contribution in [-0.4, -0.2) is 5.76 Å². The average molecular weight is 383 g/mol. The summed E-state index contributed by atoms with van der Waals surface area (Å²) in [6.07, 6.45) is 0. The van der Waals surface area contributed by atoms with Crippen molar-refractivity contribution < 1.29 is 13.2 Å². The van der Waals surface area contributed by atoms with E-state index < -0.39 is 5.76 Å². The molecule has 7 heteroatoms. The van der Waals surface area contributed by atoms with Crippen LogP contribution >= 0.6 is 39.3 Å². The molecule has 1 heterocycles. The van der Waals surface area contributed by atoms with Gasteiger partial charge in [0.2, 0.25) is 0 Å². The largest absolute Gasteiger partial charge is 0.463 e. The summed E-state index contributed by atoms with van der Waals surface area (Å²) < 4.78 is 30.4. The summed E-state index contributed by atoms with van der Waals surface area (Å²) in [5.41, 5.74) is 0.845. The van der Waals surface area contributed by atoms with Crippen LogP contribution < -0.4 is 5.32 Å². The minimum absolute atomic E-state index is 0.165. The molecule has 0 aliphatic heterocycles. The van der Waals surface area contributed by atoms with Crippen LogP contribution in [0.5, 0.6) is 0 Å². The van der Waals surface area contributed by atoms with E-state index in [9.17, 15) is 8.78 Å². The van der Waals surface area contributed by atoms with Crippen LogP contribution in [0.1, 0.15) is 11.5 Å². The molecule has 0 fully saturated rings. The van der Waals surface area contributed by atoms with E-state index in [0.29, 0.717) is 34.8 Å². The van der Waals surface area contributed by atoms with Gasteiger partial charge in [0, 0.05) is 0 Å². The van der Waals surface area contributed by atoms with Crippen molar-refractivity contribution >= 4 is 45.0 Å². The number of alkyl halides is 2. The second-order valence-electron chi connectivity index (χ2n) is 3.89. The molecule has 108 valence electrons. The van der Waals surface area contributed by atoms with Crippen molar-refractivity contribution in [3.63, 3.8) is 0 Å². The number of furan rings is 1. The highest BCUT2D eigenvalue weighted by molar-refractivity contribution is 9.10. The van der Waals surface area contributed by atoms with Crippen LogP contribution in [0.25, 0.3) is 0 Å². The topological polar surface area (TPSA) is 25.2 Å². The summed E-state index contributed by atoms with van der Waals surface area (Å²) in [6.45, 7) is 0.457. The summed E-state index contributed by atoms with van der Waals surface area (Å²) >= 11 is 9.92. The molecule has 0 unspecified atom stereocenters. The minimum atomic E-state index is -2.39. The van der Waals surface area contributed by atoms with E-state index in [-0.39, 0.29) is 5.75 Å². The summed E-state index contributed by atoms with van der Waals surface area (Å²) in [5.74, 6) is -0.999. The van der Waals surface area contributed by atoms with Crippen molar-refractivity contribution in [3.05, 3.63) is 51.3 Å². The molecule has 0 amide bonds. The molecule has 2 rings (SSSR count). The molecule has 0 aliphatic rings. The Morgan fingerprint density at radius 1 is 1.25 bits per heavy atom. The van der Waals surface area contributed by atoms with Gasteiger partial charge in [0.15, 0.2) is 0 Å². The Morgan fingerprint density at radius 3 is 2.75 bits per heavy atom. The average Bonchev–Trinajstić information content (AvgIpc) is 2.86. The Bertz CT molecular complexity index is 579. The van der Waals surface area contributed by atoms with E-state index in [1.54, 1.807) is 18.2 Å². The van der Waals surface area contributed by atoms with Gasteiger partial charge in [-0.25, -0.2) is 0 Å². The van der Waals surface area contributed by atoms with Crippen molar-refractivity contribution in [2.24, 2.45) is 0 Å². The molecule has 0 atom stereocenters. The van der Waals surface area contributed by atoms with Gasteiger partial charge in [-0.3, -0.25) is 0 Å². The Hall–Kier alpha value is -0.720. The number of rotatable bonds is 6. The Labute approximate surface area is 133 Å². The van der Waals surface area contributed by atoms with Crippen LogP contribution in [0.2, 0.25) is 5.02 Å². The molecule has 0 saturated heterocycles. The van der Waals surface area contributed by atoms with Crippen LogP contribution in [0, 0.1) is 0 Å².